The number of rotatable bonds is 5. The third kappa shape index (κ3) is 3.60. The van der Waals surface area contributed by atoms with E-state index in [0.29, 0.717) is 40.9 Å². The molecule has 4 aliphatic rings. The Hall–Kier alpha value is -0.0800. The lowest BCUT2D eigenvalue weighted by Gasteiger charge is -2.63. The molecule has 2 nitrogen and oxygen atoms in total. The maximum Gasteiger partial charge on any atom is 0.0602 e. The van der Waals surface area contributed by atoms with Crippen LogP contribution in [0, 0.1) is 58.2 Å². The van der Waals surface area contributed by atoms with Crippen LogP contribution >= 0.6 is 0 Å². The lowest BCUT2D eigenvalue weighted by atomic mass is 9.42. The number of fused-ring (bicyclic) bond motifs is 5. The fourth-order valence-electron chi connectivity index (χ4n) is 9.42. The minimum Gasteiger partial charge on any atom is -0.393 e. The second-order valence-corrected chi connectivity index (χ2v) is 13.3. The number of hydrogen-bond donors (Lipinski definition) is 2. The van der Waals surface area contributed by atoms with Gasteiger partial charge in [-0.15, -0.1) is 0 Å². The Balaban J connectivity index is 1.56. The molecule has 2 N–H and O–H groups in total. The molecule has 0 saturated heterocycles. The first-order valence-corrected chi connectivity index (χ1v) is 13.4. The highest BCUT2D eigenvalue weighted by molar-refractivity contribution is 5.14. The molecule has 11 atom stereocenters. The van der Waals surface area contributed by atoms with Gasteiger partial charge in [-0.1, -0.05) is 67.2 Å². The van der Waals surface area contributed by atoms with Gasteiger partial charge >= 0.3 is 0 Å². The van der Waals surface area contributed by atoms with Crippen LogP contribution < -0.4 is 0 Å². The molecule has 0 heterocycles. The summed E-state index contributed by atoms with van der Waals surface area (Å²) in [5.74, 6) is 4.99. The van der Waals surface area contributed by atoms with Gasteiger partial charge in [0.2, 0.25) is 0 Å². The van der Waals surface area contributed by atoms with Crippen molar-refractivity contribution >= 4 is 0 Å². The van der Waals surface area contributed by atoms with Gasteiger partial charge in [-0.3, -0.25) is 0 Å². The van der Waals surface area contributed by atoms with Gasteiger partial charge in [0.1, 0.15) is 0 Å². The van der Waals surface area contributed by atoms with Crippen molar-refractivity contribution in [3.05, 3.63) is 0 Å². The Morgan fingerprint density at radius 3 is 2.33 bits per heavy atom. The summed E-state index contributed by atoms with van der Waals surface area (Å²) in [5.41, 5.74) is 0.338. The average Bonchev–Trinajstić information content (AvgIpc) is 3.02. The van der Waals surface area contributed by atoms with Crippen molar-refractivity contribution in [1.82, 2.24) is 0 Å². The van der Waals surface area contributed by atoms with Crippen LogP contribution in [0.1, 0.15) is 106 Å². The van der Waals surface area contributed by atoms with Crippen molar-refractivity contribution in [3.63, 3.8) is 0 Å². The zero-order chi connectivity index (χ0) is 21.8. The molecule has 0 aromatic carbocycles. The van der Waals surface area contributed by atoms with E-state index in [-0.39, 0.29) is 17.6 Å². The first-order valence-electron chi connectivity index (χ1n) is 13.4. The highest BCUT2D eigenvalue weighted by Crippen LogP contribution is 2.68. The molecule has 0 aromatic heterocycles. The van der Waals surface area contributed by atoms with Crippen LogP contribution in [-0.4, -0.2) is 22.4 Å². The lowest BCUT2D eigenvalue weighted by Crippen LogP contribution is -2.62. The third-order valence-electron chi connectivity index (χ3n) is 11.3. The molecule has 30 heavy (non-hydrogen) atoms. The molecule has 0 aromatic rings. The Kier molecular flexibility index (Phi) is 6.44. The molecule has 0 amide bonds. The molecule has 0 spiro atoms. The maximum absolute atomic E-state index is 11.7. The minimum absolute atomic E-state index is 0.00451. The first kappa shape index (κ1) is 23.1. The van der Waals surface area contributed by atoms with E-state index in [2.05, 4.69) is 41.5 Å². The second-order valence-electron chi connectivity index (χ2n) is 13.3. The van der Waals surface area contributed by atoms with Crippen LogP contribution in [0.4, 0.5) is 0 Å². The standard InChI is InChI=1S/C28H50O2/c1-17(2)8-7-9-19(4)21-10-11-22-26-23(16-25(30)28(21,22)6)27(5)13-12-18(3)14-20(27)15-24(26)29/h17-26,29-30H,7-16H2,1-6H3/t18?,19?,20?,21?,22?,23?,24?,25-,26?,27?,28?/m1/s1. The highest BCUT2D eigenvalue weighted by Gasteiger charge is 2.65. The molecule has 0 bridgehead atoms. The Morgan fingerprint density at radius 2 is 1.63 bits per heavy atom. The van der Waals surface area contributed by atoms with Crippen LogP contribution in [0.3, 0.4) is 0 Å². The molecule has 0 radical (unpaired) electrons. The molecule has 2 heteroatoms. The normalized spacial score (nSPS) is 51.9. The van der Waals surface area contributed by atoms with Gasteiger partial charge in [-0.05, 0) is 96.7 Å². The third-order valence-corrected chi connectivity index (χ3v) is 11.3. The highest BCUT2D eigenvalue weighted by atomic mass is 16.3. The van der Waals surface area contributed by atoms with E-state index in [1.165, 1.54) is 51.4 Å². The number of aliphatic hydroxyl groups is 2. The second kappa shape index (κ2) is 8.36. The van der Waals surface area contributed by atoms with Gasteiger partial charge in [0, 0.05) is 0 Å². The summed E-state index contributed by atoms with van der Waals surface area (Å²) in [6.45, 7) is 14.4. The summed E-state index contributed by atoms with van der Waals surface area (Å²) in [6.07, 6.45) is 12.0. The molecular weight excluding hydrogens is 368 g/mol. The van der Waals surface area contributed by atoms with E-state index in [9.17, 15) is 10.2 Å². The fraction of sp³-hybridized carbons (Fsp3) is 1.00. The topological polar surface area (TPSA) is 40.5 Å². The quantitative estimate of drug-likeness (QED) is 0.522. The van der Waals surface area contributed by atoms with Crippen LogP contribution in [0.2, 0.25) is 0 Å². The molecule has 0 aliphatic heterocycles. The predicted octanol–water partition coefficient (Wildman–Crippen LogP) is 6.69. The van der Waals surface area contributed by atoms with Crippen molar-refractivity contribution in [2.24, 2.45) is 58.2 Å². The summed E-state index contributed by atoms with van der Waals surface area (Å²) in [7, 11) is 0. The van der Waals surface area contributed by atoms with E-state index in [1.807, 2.05) is 0 Å². The molecule has 4 fully saturated rings. The van der Waals surface area contributed by atoms with Gasteiger partial charge in [0.05, 0.1) is 12.2 Å². The Labute approximate surface area is 186 Å². The van der Waals surface area contributed by atoms with Gasteiger partial charge in [0.15, 0.2) is 0 Å². The summed E-state index contributed by atoms with van der Waals surface area (Å²) in [6, 6.07) is 0. The van der Waals surface area contributed by atoms with Gasteiger partial charge in [0.25, 0.3) is 0 Å². The number of hydrogen-bond acceptors (Lipinski definition) is 2. The fourth-order valence-corrected chi connectivity index (χ4v) is 9.42. The van der Waals surface area contributed by atoms with E-state index < -0.39 is 0 Å². The molecule has 4 rings (SSSR count). The summed E-state index contributed by atoms with van der Waals surface area (Å²) in [5, 5.41) is 23.1. The smallest absolute Gasteiger partial charge is 0.0602 e. The summed E-state index contributed by atoms with van der Waals surface area (Å²) < 4.78 is 0. The minimum atomic E-state index is -0.189. The van der Waals surface area contributed by atoms with Gasteiger partial charge in [-0.2, -0.15) is 0 Å². The Bertz CT molecular complexity index is 601. The van der Waals surface area contributed by atoms with E-state index in [4.69, 9.17) is 0 Å². The Morgan fingerprint density at radius 1 is 0.900 bits per heavy atom. The SMILES string of the molecule is CC(C)CCCC(C)C1CCC2C3C(O)CC4CC(C)CCC4(C)C3C[C@@H](O)C12C. The largest absolute Gasteiger partial charge is 0.393 e. The van der Waals surface area contributed by atoms with Crippen molar-refractivity contribution < 1.29 is 10.2 Å². The van der Waals surface area contributed by atoms with Crippen molar-refractivity contribution in [3.8, 4) is 0 Å². The summed E-state index contributed by atoms with van der Waals surface area (Å²) >= 11 is 0. The van der Waals surface area contributed by atoms with E-state index in [0.717, 1.165) is 24.7 Å². The van der Waals surface area contributed by atoms with Crippen molar-refractivity contribution in [1.29, 1.82) is 0 Å². The summed E-state index contributed by atoms with van der Waals surface area (Å²) in [4.78, 5) is 0. The molecule has 4 saturated carbocycles. The molecule has 4 aliphatic carbocycles. The lowest BCUT2D eigenvalue weighted by molar-refractivity contribution is -0.203. The average molecular weight is 419 g/mol. The predicted molar refractivity (Wildman–Crippen MR) is 125 cm³/mol. The van der Waals surface area contributed by atoms with Crippen LogP contribution in [-0.2, 0) is 0 Å². The van der Waals surface area contributed by atoms with E-state index >= 15 is 0 Å². The van der Waals surface area contributed by atoms with E-state index in [1.54, 1.807) is 0 Å². The van der Waals surface area contributed by atoms with Gasteiger partial charge < -0.3 is 10.2 Å². The zero-order valence-electron chi connectivity index (χ0n) is 20.7. The first-order chi connectivity index (χ1) is 14.1. The van der Waals surface area contributed by atoms with Crippen LogP contribution in [0.15, 0.2) is 0 Å². The molecule has 10 unspecified atom stereocenters. The van der Waals surface area contributed by atoms with Crippen LogP contribution in [0.5, 0.6) is 0 Å². The van der Waals surface area contributed by atoms with Crippen LogP contribution in [0.25, 0.3) is 0 Å². The zero-order valence-corrected chi connectivity index (χ0v) is 20.7. The van der Waals surface area contributed by atoms with Gasteiger partial charge in [-0.25, -0.2) is 0 Å². The monoisotopic (exact) mass is 418 g/mol. The molecular formula is C28H50O2. The van der Waals surface area contributed by atoms with Crippen molar-refractivity contribution in [2.75, 3.05) is 0 Å². The molecule has 174 valence electrons. The number of aliphatic hydroxyl groups excluding tert-OH is 2. The van der Waals surface area contributed by atoms with Crippen molar-refractivity contribution in [2.45, 2.75) is 118 Å². The maximum atomic E-state index is 11.7.